The topological polar surface area (TPSA) is 67.4 Å². The molecule has 19 heavy (non-hydrogen) atoms. The van der Waals surface area contributed by atoms with Gasteiger partial charge in [-0.15, -0.1) is 0 Å². The van der Waals surface area contributed by atoms with Gasteiger partial charge in [0.2, 0.25) is 5.91 Å². The summed E-state index contributed by atoms with van der Waals surface area (Å²) in [6, 6.07) is 9.67. The van der Waals surface area contributed by atoms with Crippen LogP contribution in [0.4, 0.5) is 4.79 Å². The van der Waals surface area contributed by atoms with E-state index in [0.29, 0.717) is 0 Å². The highest BCUT2D eigenvalue weighted by Crippen LogP contribution is 2.20. The van der Waals surface area contributed by atoms with Crippen molar-refractivity contribution in [2.24, 2.45) is 5.92 Å². The lowest BCUT2D eigenvalue weighted by Gasteiger charge is -2.23. The average Bonchev–Trinajstić information content (AvgIpc) is 2.42. The summed E-state index contributed by atoms with van der Waals surface area (Å²) in [7, 11) is 1.26. The van der Waals surface area contributed by atoms with Crippen LogP contribution in [0.15, 0.2) is 30.3 Å². The van der Waals surface area contributed by atoms with E-state index in [1.807, 2.05) is 44.2 Å². The SMILES string of the molecule is COC(=O)NCC(=O)NC(c1ccccc1)C(C)C. The Morgan fingerprint density at radius 2 is 1.84 bits per heavy atom. The molecular weight excluding hydrogens is 244 g/mol. The van der Waals surface area contributed by atoms with Crippen LogP contribution in [0.2, 0.25) is 0 Å². The van der Waals surface area contributed by atoms with Crippen molar-refractivity contribution in [1.29, 1.82) is 0 Å². The molecule has 0 heterocycles. The molecule has 5 nitrogen and oxygen atoms in total. The van der Waals surface area contributed by atoms with E-state index in [4.69, 9.17) is 0 Å². The Bertz CT molecular complexity index is 418. The van der Waals surface area contributed by atoms with Gasteiger partial charge in [0.05, 0.1) is 13.2 Å². The fraction of sp³-hybridized carbons (Fsp3) is 0.429. The molecular formula is C14H20N2O3. The van der Waals surface area contributed by atoms with Gasteiger partial charge in [-0.2, -0.15) is 0 Å². The highest BCUT2D eigenvalue weighted by atomic mass is 16.5. The Balaban J connectivity index is 2.60. The number of methoxy groups -OCH3 is 1. The largest absolute Gasteiger partial charge is 0.453 e. The van der Waals surface area contributed by atoms with Gasteiger partial charge in [-0.25, -0.2) is 4.79 Å². The second kappa shape index (κ2) is 7.41. The minimum absolute atomic E-state index is 0.0758. The maximum Gasteiger partial charge on any atom is 0.407 e. The lowest BCUT2D eigenvalue weighted by Crippen LogP contribution is -2.40. The number of nitrogens with one attached hydrogen (secondary N) is 2. The van der Waals surface area contributed by atoms with E-state index < -0.39 is 6.09 Å². The Hall–Kier alpha value is -2.04. The van der Waals surface area contributed by atoms with Gasteiger partial charge in [0.15, 0.2) is 0 Å². The molecule has 0 aliphatic carbocycles. The van der Waals surface area contributed by atoms with Crippen LogP contribution in [0.5, 0.6) is 0 Å². The summed E-state index contributed by atoms with van der Waals surface area (Å²) in [5.41, 5.74) is 1.05. The molecule has 5 heteroatoms. The van der Waals surface area contributed by atoms with E-state index in [2.05, 4.69) is 15.4 Å². The molecule has 0 fully saturated rings. The first-order valence-electron chi connectivity index (χ1n) is 6.20. The summed E-state index contributed by atoms with van der Waals surface area (Å²) < 4.78 is 4.41. The van der Waals surface area contributed by atoms with Crippen LogP contribution in [0, 0.1) is 5.92 Å². The van der Waals surface area contributed by atoms with Crippen molar-refractivity contribution in [2.75, 3.05) is 13.7 Å². The summed E-state index contributed by atoms with van der Waals surface area (Å²) >= 11 is 0. The van der Waals surface area contributed by atoms with Crippen LogP contribution >= 0.6 is 0 Å². The van der Waals surface area contributed by atoms with Crippen molar-refractivity contribution in [3.8, 4) is 0 Å². The second-order valence-electron chi connectivity index (χ2n) is 4.55. The summed E-state index contributed by atoms with van der Waals surface area (Å²) in [5.74, 6) is 0.0115. The molecule has 104 valence electrons. The predicted molar refractivity (Wildman–Crippen MR) is 72.6 cm³/mol. The average molecular weight is 264 g/mol. The fourth-order valence-electron chi connectivity index (χ4n) is 1.74. The van der Waals surface area contributed by atoms with Crippen molar-refractivity contribution >= 4 is 12.0 Å². The first-order chi connectivity index (χ1) is 9.04. The Labute approximate surface area is 113 Å². The molecule has 0 saturated heterocycles. The number of benzene rings is 1. The van der Waals surface area contributed by atoms with Gasteiger partial charge in [-0.1, -0.05) is 44.2 Å². The van der Waals surface area contributed by atoms with E-state index in [9.17, 15) is 9.59 Å². The number of alkyl carbamates (subject to hydrolysis) is 1. The summed E-state index contributed by atoms with van der Waals surface area (Å²) in [5, 5.41) is 5.26. The smallest absolute Gasteiger partial charge is 0.407 e. The van der Waals surface area contributed by atoms with Crippen LogP contribution in [-0.2, 0) is 9.53 Å². The van der Waals surface area contributed by atoms with E-state index in [1.54, 1.807) is 0 Å². The minimum atomic E-state index is -0.615. The maximum absolute atomic E-state index is 11.8. The van der Waals surface area contributed by atoms with Gasteiger partial charge in [0.25, 0.3) is 0 Å². The zero-order valence-corrected chi connectivity index (χ0v) is 11.5. The number of rotatable bonds is 5. The standard InChI is InChI=1S/C14H20N2O3/c1-10(2)13(11-7-5-4-6-8-11)16-12(17)9-15-14(18)19-3/h4-8,10,13H,9H2,1-3H3,(H,15,18)(H,16,17). The van der Waals surface area contributed by atoms with Gasteiger partial charge in [0, 0.05) is 0 Å². The maximum atomic E-state index is 11.8. The quantitative estimate of drug-likeness (QED) is 0.853. The third-order valence-electron chi connectivity index (χ3n) is 2.72. The molecule has 2 N–H and O–H groups in total. The van der Waals surface area contributed by atoms with E-state index in [1.165, 1.54) is 7.11 Å². The molecule has 1 aromatic carbocycles. The molecule has 0 aliphatic rings. The molecule has 2 amide bonds. The number of carbonyl (C=O) groups excluding carboxylic acids is 2. The zero-order chi connectivity index (χ0) is 14.3. The summed E-state index contributed by atoms with van der Waals surface area (Å²) in [4.78, 5) is 22.7. The van der Waals surface area contributed by atoms with Gasteiger partial charge < -0.3 is 15.4 Å². The summed E-state index contributed by atoms with van der Waals surface area (Å²) in [6.07, 6.45) is -0.615. The molecule has 0 aromatic heterocycles. The van der Waals surface area contributed by atoms with Crippen molar-refractivity contribution in [1.82, 2.24) is 10.6 Å². The van der Waals surface area contributed by atoms with Crippen LogP contribution in [0.3, 0.4) is 0 Å². The summed E-state index contributed by atoms with van der Waals surface area (Å²) in [6.45, 7) is 3.97. The highest BCUT2D eigenvalue weighted by Gasteiger charge is 2.18. The van der Waals surface area contributed by atoms with E-state index in [0.717, 1.165) is 5.56 Å². The number of hydrogen-bond acceptors (Lipinski definition) is 3. The lowest BCUT2D eigenvalue weighted by atomic mass is 9.96. The van der Waals surface area contributed by atoms with Crippen LogP contribution in [0.25, 0.3) is 0 Å². The molecule has 1 aromatic rings. The van der Waals surface area contributed by atoms with Crippen molar-refractivity contribution in [3.63, 3.8) is 0 Å². The molecule has 1 unspecified atom stereocenters. The van der Waals surface area contributed by atoms with E-state index >= 15 is 0 Å². The number of carbonyl (C=O) groups is 2. The monoisotopic (exact) mass is 264 g/mol. The van der Waals surface area contributed by atoms with Gasteiger partial charge >= 0.3 is 6.09 Å². The van der Waals surface area contributed by atoms with Gasteiger partial charge in [-0.3, -0.25) is 4.79 Å². The van der Waals surface area contributed by atoms with Gasteiger partial charge in [0.1, 0.15) is 6.54 Å². The molecule has 0 aliphatic heterocycles. The molecule has 1 atom stereocenters. The van der Waals surface area contributed by atoms with Crippen LogP contribution < -0.4 is 10.6 Å². The third kappa shape index (κ3) is 4.99. The number of amides is 2. The Kier molecular flexibility index (Phi) is 5.85. The van der Waals surface area contributed by atoms with Gasteiger partial charge in [-0.05, 0) is 11.5 Å². The zero-order valence-electron chi connectivity index (χ0n) is 11.5. The molecule has 0 radical (unpaired) electrons. The fourth-order valence-corrected chi connectivity index (χ4v) is 1.74. The minimum Gasteiger partial charge on any atom is -0.453 e. The normalized spacial score (nSPS) is 11.8. The van der Waals surface area contributed by atoms with E-state index in [-0.39, 0.29) is 24.4 Å². The lowest BCUT2D eigenvalue weighted by molar-refractivity contribution is -0.121. The second-order valence-corrected chi connectivity index (χ2v) is 4.55. The number of hydrogen-bond donors (Lipinski definition) is 2. The van der Waals surface area contributed by atoms with Crippen molar-refractivity contribution in [2.45, 2.75) is 19.9 Å². The first kappa shape index (κ1) is 15.0. The number of ether oxygens (including phenoxy) is 1. The van der Waals surface area contributed by atoms with Crippen LogP contribution in [-0.4, -0.2) is 25.7 Å². The third-order valence-corrected chi connectivity index (χ3v) is 2.72. The Morgan fingerprint density at radius 3 is 2.37 bits per heavy atom. The molecule has 0 bridgehead atoms. The molecule has 0 saturated carbocycles. The van der Waals surface area contributed by atoms with Crippen molar-refractivity contribution in [3.05, 3.63) is 35.9 Å². The molecule has 1 rings (SSSR count). The Morgan fingerprint density at radius 1 is 1.21 bits per heavy atom. The highest BCUT2D eigenvalue weighted by molar-refractivity contribution is 5.82. The molecule has 0 spiro atoms. The van der Waals surface area contributed by atoms with Crippen molar-refractivity contribution < 1.29 is 14.3 Å². The predicted octanol–water partition coefficient (Wildman–Crippen LogP) is 1.86. The van der Waals surface area contributed by atoms with Crippen LogP contribution in [0.1, 0.15) is 25.5 Å². The first-order valence-corrected chi connectivity index (χ1v) is 6.20.